The molecule has 0 bridgehead atoms. The number of halogens is 2. The molecule has 0 saturated carbocycles. The van der Waals surface area contributed by atoms with Crippen molar-refractivity contribution in [1.82, 2.24) is 10.3 Å². The van der Waals surface area contributed by atoms with Crippen molar-refractivity contribution in [2.75, 3.05) is 7.11 Å². The van der Waals surface area contributed by atoms with Gasteiger partial charge in [-0.25, -0.2) is 4.39 Å². The second-order valence-electron chi connectivity index (χ2n) is 4.44. The Kier molecular flexibility index (Phi) is 4.75. The number of hydrogen-bond acceptors (Lipinski definition) is 3. The Bertz CT molecular complexity index is 664. The lowest BCUT2D eigenvalue weighted by atomic mass is 10.1. The lowest BCUT2D eigenvalue weighted by Gasteiger charge is -2.17. The van der Waals surface area contributed by atoms with Crippen molar-refractivity contribution in [3.8, 4) is 5.75 Å². The van der Waals surface area contributed by atoms with Gasteiger partial charge in [0.25, 0.3) is 5.91 Å². The van der Waals surface area contributed by atoms with Crippen molar-refractivity contribution >= 4 is 17.5 Å². The molecule has 0 aliphatic heterocycles. The van der Waals surface area contributed by atoms with Gasteiger partial charge in [0, 0.05) is 18.0 Å². The molecule has 1 amide bonds. The van der Waals surface area contributed by atoms with Gasteiger partial charge in [0.2, 0.25) is 0 Å². The first-order valence-corrected chi connectivity index (χ1v) is 6.64. The third-order valence-electron chi connectivity index (χ3n) is 3.02. The maximum Gasteiger partial charge on any atom is 0.253 e. The standard InChI is InChI=1S/C15H14ClFN2O2/c1-9(12-7-10(17)3-4-14(12)21-2)19-15(20)11-5-6-18-8-13(11)16/h3-9H,1-2H3,(H,19,20). The van der Waals surface area contributed by atoms with Gasteiger partial charge < -0.3 is 10.1 Å². The third-order valence-corrected chi connectivity index (χ3v) is 3.32. The molecule has 0 radical (unpaired) electrons. The number of hydrogen-bond donors (Lipinski definition) is 1. The predicted octanol–water partition coefficient (Wildman–Crippen LogP) is 3.37. The molecule has 2 rings (SSSR count). The first-order chi connectivity index (χ1) is 10.0. The molecule has 21 heavy (non-hydrogen) atoms. The van der Waals surface area contributed by atoms with E-state index in [-0.39, 0.29) is 10.9 Å². The number of aromatic nitrogens is 1. The number of nitrogens with one attached hydrogen (secondary N) is 1. The van der Waals surface area contributed by atoms with Crippen LogP contribution in [0.25, 0.3) is 0 Å². The number of amides is 1. The van der Waals surface area contributed by atoms with E-state index in [1.165, 1.54) is 43.8 Å². The number of benzene rings is 1. The Labute approximate surface area is 126 Å². The zero-order valence-corrected chi connectivity index (χ0v) is 12.3. The van der Waals surface area contributed by atoms with E-state index < -0.39 is 11.9 Å². The summed E-state index contributed by atoms with van der Waals surface area (Å²) in [7, 11) is 1.49. The molecule has 1 heterocycles. The maximum absolute atomic E-state index is 13.4. The quantitative estimate of drug-likeness (QED) is 0.942. The summed E-state index contributed by atoms with van der Waals surface area (Å²) in [6.07, 6.45) is 2.87. The zero-order valence-electron chi connectivity index (χ0n) is 11.6. The van der Waals surface area contributed by atoms with E-state index in [1.54, 1.807) is 6.92 Å². The van der Waals surface area contributed by atoms with Crippen molar-refractivity contribution in [3.05, 3.63) is 58.6 Å². The number of ether oxygens (including phenoxy) is 1. The predicted molar refractivity (Wildman–Crippen MR) is 78.1 cm³/mol. The monoisotopic (exact) mass is 308 g/mol. The Morgan fingerprint density at radius 3 is 2.86 bits per heavy atom. The van der Waals surface area contributed by atoms with E-state index in [0.29, 0.717) is 16.9 Å². The lowest BCUT2D eigenvalue weighted by molar-refractivity contribution is 0.0939. The fourth-order valence-corrected chi connectivity index (χ4v) is 2.16. The molecule has 0 fully saturated rings. The molecular formula is C15H14ClFN2O2. The highest BCUT2D eigenvalue weighted by Crippen LogP contribution is 2.26. The number of rotatable bonds is 4. The molecular weight excluding hydrogens is 295 g/mol. The van der Waals surface area contributed by atoms with Gasteiger partial charge in [-0.2, -0.15) is 0 Å². The van der Waals surface area contributed by atoms with Gasteiger partial charge in [0.05, 0.1) is 23.7 Å². The molecule has 1 atom stereocenters. The first kappa shape index (κ1) is 15.3. The van der Waals surface area contributed by atoms with Gasteiger partial charge >= 0.3 is 0 Å². The summed E-state index contributed by atoms with van der Waals surface area (Å²) >= 11 is 5.92. The summed E-state index contributed by atoms with van der Waals surface area (Å²) in [6.45, 7) is 1.74. The largest absolute Gasteiger partial charge is 0.496 e. The van der Waals surface area contributed by atoms with Crippen molar-refractivity contribution < 1.29 is 13.9 Å². The van der Waals surface area contributed by atoms with Crippen LogP contribution in [0.5, 0.6) is 5.75 Å². The Balaban J connectivity index is 2.22. The van der Waals surface area contributed by atoms with E-state index in [0.717, 1.165) is 0 Å². The van der Waals surface area contributed by atoms with Crippen molar-refractivity contribution in [2.45, 2.75) is 13.0 Å². The highest BCUT2D eigenvalue weighted by Gasteiger charge is 2.17. The Morgan fingerprint density at radius 1 is 1.43 bits per heavy atom. The van der Waals surface area contributed by atoms with E-state index in [4.69, 9.17) is 16.3 Å². The number of methoxy groups -OCH3 is 1. The van der Waals surface area contributed by atoms with Crippen LogP contribution in [0.15, 0.2) is 36.7 Å². The first-order valence-electron chi connectivity index (χ1n) is 6.26. The summed E-state index contributed by atoms with van der Waals surface area (Å²) in [4.78, 5) is 16.0. The van der Waals surface area contributed by atoms with Gasteiger partial charge in [0.1, 0.15) is 11.6 Å². The Morgan fingerprint density at radius 2 is 2.19 bits per heavy atom. The van der Waals surface area contributed by atoms with Crippen LogP contribution >= 0.6 is 11.6 Å². The van der Waals surface area contributed by atoms with Gasteiger partial charge in [-0.15, -0.1) is 0 Å². The summed E-state index contributed by atoms with van der Waals surface area (Å²) in [5, 5.41) is 3.02. The van der Waals surface area contributed by atoms with Crippen molar-refractivity contribution in [2.24, 2.45) is 0 Å². The lowest BCUT2D eigenvalue weighted by Crippen LogP contribution is -2.27. The fourth-order valence-electron chi connectivity index (χ4n) is 1.96. The normalized spacial score (nSPS) is 11.8. The van der Waals surface area contributed by atoms with Crippen molar-refractivity contribution in [1.29, 1.82) is 0 Å². The zero-order chi connectivity index (χ0) is 15.4. The van der Waals surface area contributed by atoms with Crippen LogP contribution in [0, 0.1) is 5.82 Å². The average molecular weight is 309 g/mol. The summed E-state index contributed by atoms with van der Waals surface area (Å²) < 4.78 is 18.5. The summed E-state index contributed by atoms with van der Waals surface area (Å²) in [5.41, 5.74) is 0.866. The van der Waals surface area contributed by atoms with Crippen LogP contribution < -0.4 is 10.1 Å². The second-order valence-corrected chi connectivity index (χ2v) is 4.84. The van der Waals surface area contributed by atoms with E-state index >= 15 is 0 Å². The van der Waals surface area contributed by atoms with E-state index in [1.807, 2.05) is 0 Å². The minimum absolute atomic E-state index is 0.258. The molecule has 0 aliphatic rings. The topological polar surface area (TPSA) is 51.2 Å². The van der Waals surface area contributed by atoms with Crippen LogP contribution in [-0.2, 0) is 0 Å². The summed E-state index contributed by atoms with van der Waals surface area (Å²) in [5.74, 6) is -0.250. The highest BCUT2D eigenvalue weighted by atomic mass is 35.5. The van der Waals surface area contributed by atoms with E-state index in [9.17, 15) is 9.18 Å². The Hall–Kier alpha value is -2.14. The molecule has 0 saturated heterocycles. The van der Waals surface area contributed by atoms with Crippen molar-refractivity contribution in [3.63, 3.8) is 0 Å². The highest BCUT2D eigenvalue weighted by molar-refractivity contribution is 6.33. The van der Waals surface area contributed by atoms with Crippen LogP contribution in [0.3, 0.4) is 0 Å². The molecule has 110 valence electrons. The minimum atomic E-state index is -0.438. The molecule has 1 N–H and O–H groups in total. The molecule has 1 aromatic carbocycles. The molecule has 2 aromatic rings. The molecule has 1 unspecified atom stereocenters. The maximum atomic E-state index is 13.4. The minimum Gasteiger partial charge on any atom is -0.496 e. The van der Waals surface area contributed by atoms with Gasteiger partial charge in [-0.3, -0.25) is 9.78 Å². The van der Waals surface area contributed by atoms with Gasteiger partial charge in [-0.05, 0) is 31.2 Å². The number of carbonyl (C=O) groups excluding carboxylic acids is 1. The molecule has 0 aliphatic carbocycles. The SMILES string of the molecule is COc1ccc(F)cc1C(C)NC(=O)c1ccncc1Cl. The average Bonchev–Trinajstić information content (AvgIpc) is 2.47. The molecule has 1 aromatic heterocycles. The number of carbonyl (C=O) groups is 1. The van der Waals surface area contributed by atoms with Crippen LogP contribution in [-0.4, -0.2) is 18.0 Å². The smallest absolute Gasteiger partial charge is 0.253 e. The third kappa shape index (κ3) is 3.49. The molecule has 0 spiro atoms. The summed E-state index contributed by atoms with van der Waals surface area (Å²) in [6, 6.07) is 5.24. The number of nitrogens with zero attached hydrogens (tertiary/aromatic N) is 1. The number of pyridine rings is 1. The van der Waals surface area contributed by atoms with Gasteiger partial charge in [0.15, 0.2) is 0 Å². The van der Waals surface area contributed by atoms with Crippen LogP contribution in [0.1, 0.15) is 28.9 Å². The molecule has 6 heteroatoms. The van der Waals surface area contributed by atoms with Crippen LogP contribution in [0.2, 0.25) is 5.02 Å². The van der Waals surface area contributed by atoms with E-state index in [2.05, 4.69) is 10.3 Å². The van der Waals surface area contributed by atoms with Crippen LogP contribution in [0.4, 0.5) is 4.39 Å². The second kappa shape index (κ2) is 6.54. The fraction of sp³-hybridized carbons (Fsp3) is 0.200. The molecule has 4 nitrogen and oxygen atoms in total. The van der Waals surface area contributed by atoms with Gasteiger partial charge in [-0.1, -0.05) is 11.6 Å².